The minimum atomic E-state index is -2.95. The predicted octanol–water partition coefficient (Wildman–Crippen LogP) is 2.84. The zero-order chi connectivity index (χ0) is 18.7. The number of fused-ring (bicyclic) bond motifs is 1. The van der Waals surface area contributed by atoms with Crippen LogP contribution in [0.25, 0.3) is 0 Å². The van der Waals surface area contributed by atoms with Crippen molar-refractivity contribution in [1.29, 1.82) is 0 Å². The van der Waals surface area contributed by atoms with Gasteiger partial charge in [0, 0.05) is 19.1 Å². The molecule has 1 aliphatic rings. The molecule has 0 aliphatic heterocycles. The maximum atomic E-state index is 12.3. The summed E-state index contributed by atoms with van der Waals surface area (Å²) in [6.07, 6.45) is 3.52. The Labute approximate surface area is 153 Å². The summed E-state index contributed by atoms with van der Waals surface area (Å²) in [6.45, 7) is 2.40. The molecule has 0 radical (unpaired) electrons. The summed E-state index contributed by atoms with van der Waals surface area (Å²) in [5.74, 6) is 1.85. The molecule has 1 aromatic carbocycles. The van der Waals surface area contributed by atoms with Gasteiger partial charge in [0.05, 0.1) is 23.6 Å². The Bertz CT molecular complexity index is 883. The Kier molecular flexibility index (Phi) is 5.46. The minimum absolute atomic E-state index is 0.112. The molecule has 26 heavy (non-hydrogen) atoms. The number of ketones is 1. The molecular formula is C19H23NO5S. The number of rotatable bonds is 7. The highest BCUT2D eigenvalue weighted by Gasteiger charge is 2.29. The third-order valence-electron chi connectivity index (χ3n) is 4.40. The van der Waals surface area contributed by atoms with E-state index in [1.165, 1.54) is 6.26 Å². The molecule has 0 saturated carbocycles. The number of benzene rings is 1. The number of nitrogens with zero attached hydrogens (tertiary/aromatic N) is 1. The molecular weight excluding hydrogens is 354 g/mol. The number of hydrogen-bond donors (Lipinski definition) is 0. The average Bonchev–Trinajstić information content (AvgIpc) is 2.95. The van der Waals surface area contributed by atoms with Gasteiger partial charge in [-0.05, 0) is 36.5 Å². The first-order chi connectivity index (χ1) is 12.3. The average molecular weight is 377 g/mol. The highest BCUT2D eigenvalue weighted by atomic mass is 32.2. The van der Waals surface area contributed by atoms with Crippen LogP contribution in [0.1, 0.15) is 47.1 Å². The number of hydrogen-bond acceptors (Lipinski definition) is 6. The molecule has 0 fully saturated rings. The van der Waals surface area contributed by atoms with E-state index < -0.39 is 9.84 Å². The lowest BCUT2D eigenvalue weighted by molar-refractivity contribution is 0.0952. The van der Waals surface area contributed by atoms with Gasteiger partial charge in [-0.2, -0.15) is 0 Å². The largest absolute Gasteiger partial charge is 0.494 e. The second-order valence-corrected chi connectivity index (χ2v) is 9.28. The van der Waals surface area contributed by atoms with Gasteiger partial charge in [0.15, 0.2) is 11.5 Å². The van der Waals surface area contributed by atoms with Gasteiger partial charge in [0.1, 0.15) is 15.6 Å². The second-order valence-electron chi connectivity index (χ2n) is 7.02. The Morgan fingerprint density at radius 1 is 1.23 bits per heavy atom. The Balaban J connectivity index is 1.59. The topological polar surface area (TPSA) is 86.5 Å². The fraction of sp³-hybridized carbons (Fsp3) is 0.474. The molecule has 1 atom stereocenters. The summed E-state index contributed by atoms with van der Waals surface area (Å²) in [6, 6.07) is 7.50. The summed E-state index contributed by atoms with van der Waals surface area (Å²) in [5.41, 5.74) is 2.43. The molecule has 7 heteroatoms. The van der Waals surface area contributed by atoms with Crippen LogP contribution in [-0.4, -0.2) is 38.0 Å². The van der Waals surface area contributed by atoms with Crippen molar-refractivity contribution in [3.05, 3.63) is 46.8 Å². The van der Waals surface area contributed by atoms with Crippen molar-refractivity contribution in [1.82, 2.24) is 5.16 Å². The number of sulfone groups is 1. The molecule has 0 amide bonds. The van der Waals surface area contributed by atoms with Crippen LogP contribution in [0.2, 0.25) is 0 Å². The van der Waals surface area contributed by atoms with E-state index in [0.717, 1.165) is 17.7 Å². The first kappa shape index (κ1) is 18.6. The van der Waals surface area contributed by atoms with Crippen LogP contribution in [0.3, 0.4) is 0 Å². The van der Waals surface area contributed by atoms with Crippen LogP contribution >= 0.6 is 0 Å². The van der Waals surface area contributed by atoms with E-state index in [9.17, 15) is 13.2 Å². The molecule has 140 valence electrons. The van der Waals surface area contributed by atoms with Gasteiger partial charge in [-0.15, -0.1) is 0 Å². The van der Waals surface area contributed by atoms with Crippen molar-refractivity contribution in [2.24, 2.45) is 5.92 Å². The van der Waals surface area contributed by atoms with Crippen molar-refractivity contribution in [2.45, 2.75) is 32.6 Å². The predicted molar refractivity (Wildman–Crippen MR) is 97.4 cm³/mol. The summed E-state index contributed by atoms with van der Waals surface area (Å²) < 4.78 is 33.2. The van der Waals surface area contributed by atoms with Crippen molar-refractivity contribution in [3.8, 4) is 5.75 Å². The standard InChI is InChI=1S/C19H23NO5S/c1-13-10-16-19(17(21)11-13)18(25-20-16)12-14-4-6-15(7-5-14)24-8-3-9-26(2,22)23/h4-7,13H,3,8-12H2,1-2H3. The van der Waals surface area contributed by atoms with E-state index in [1.807, 2.05) is 31.2 Å². The number of carbonyl (C=O) groups is 1. The van der Waals surface area contributed by atoms with Crippen molar-refractivity contribution in [3.63, 3.8) is 0 Å². The summed E-state index contributed by atoms with van der Waals surface area (Å²) in [4.78, 5) is 12.3. The highest BCUT2D eigenvalue weighted by Crippen LogP contribution is 2.29. The Morgan fingerprint density at radius 3 is 2.65 bits per heavy atom. The highest BCUT2D eigenvalue weighted by molar-refractivity contribution is 7.90. The van der Waals surface area contributed by atoms with E-state index in [2.05, 4.69) is 5.16 Å². The molecule has 0 bridgehead atoms. The van der Waals surface area contributed by atoms with Crippen LogP contribution in [-0.2, 0) is 22.7 Å². The van der Waals surface area contributed by atoms with Crippen LogP contribution in [0.4, 0.5) is 0 Å². The van der Waals surface area contributed by atoms with Gasteiger partial charge in [0.2, 0.25) is 0 Å². The minimum Gasteiger partial charge on any atom is -0.494 e. The maximum absolute atomic E-state index is 12.3. The van der Waals surface area contributed by atoms with Crippen LogP contribution in [0.15, 0.2) is 28.8 Å². The molecule has 0 saturated heterocycles. The van der Waals surface area contributed by atoms with Gasteiger partial charge in [-0.3, -0.25) is 4.79 Å². The first-order valence-corrected chi connectivity index (χ1v) is 10.8. The molecule has 0 N–H and O–H groups in total. The number of carbonyl (C=O) groups excluding carboxylic acids is 1. The van der Waals surface area contributed by atoms with Crippen molar-refractivity contribution in [2.75, 3.05) is 18.6 Å². The van der Waals surface area contributed by atoms with Crippen LogP contribution < -0.4 is 4.74 Å². The van der Waals surface area contributed by atoms with Gasteiger partial charge >= 0.3 is 0 Å². The quantitative estimate of drug-likeness (QED) is 0.690. The summed E-state index contributed by atoms with van der Waals surface area (Å²) >= 11 is 0. The van der Waals surface area contributed by atoms with E-state index in [1.54, 1.807) is 0 Å². The fourth-order valence-electron chi connectivity index (χ4n) is 3.16. The summed E-state index contributed by atoms with van der Waals surface area (Å²) in [5, 5.41) is 4.07. The molecule has 2 aromatic rings. The maximum Gasteiger partial charge on any atom is 0.168 e. The summed E-state index contributed by atoms with van der Waals surface area (Å²) in [7, 11) is -2.95. The third-order valence-corrected chi connectivity index (χ3v) is 5.43. The van der Waals surface area contributed by atoms with E-state index >= 15 is 0 Å². The molecule has 3 rings (SSSR count). The van der Waals surface area contributed by atoms with E-state index in [4.69, 9.17) is 9.26 Å². The smallest absolute Gasteiger partial charge is 0.168 e. The molecule has 1 aliphatic carbocycles. The van der Waals surface area contributed by atoms with Crippen LogP contribution in [0.5, 0.6) is 5.75 Å². The van der Waals surface area contributed by atoms with E-state index in [0.29, 0.717) is 48.9 Å². The molecule has 0 spiro atoms. The van der Waals surface area contributed by atoms with Gasteiger partial charge in [-0.1, -0.05) is 24.2 Å². The Morgan fingerprint density at radius 2 is 1.96 bits per heavy atom. The van der Waals surface area contributed by atoms with Crippen molar-refractivity contribution < 1.29 is 22.5 Å². The number of Topliss-reactive ketones (excluding diaryl/α,β-unsaturated/α-hetero) is 1. The normalized spacial score (nSPS) is 17.2. The van der Waals surface area contributed by atoms with Gasteiger partial charge in [0.25, 0.3) is 0 Å². The zero-order valence-corrected chi connectivity index (χ0v) is 15.8. The molecule has 1 unspecified atom stereocenters. The lowest BCUT2D eigenvalue weighted by Gasteiger charge is -2.15. The zero-order valence-electron chi connectivity index (χ0n) is 15.0. The SMILES string of the molecule is CC1CC(=O)c2c(noc2Cc2ccc(OCCCS(C)(=O)=O)cc2)C1. The monoisotopic (exact) mass is 377 g/mol. The lowest BCUT2D eigenvalue weighted by Crippen LogP contribution is -2.18. The third kappa shape index (κ3) is 4.72. The van der Waals surface area contributed by atoms with E-state index in [-0.39, 0.29) is 11.5 Å². The first-order valence-electron chi connectivity index (χ1n) is 8.72. The molecule has 1 heterocycles. The van der Waals surface area contributed by atoms with Gasteiger partial charge in [-0.25, -0.2) is 8.42 Å². The Hall–Kier alpha value is -2.15. The number of aromatic nitrogens is 1. The van der Waals surface area contributed by atoms with Crippen molar-refractivity contribution >= 4 is 15.6 Å². The number of ether oxygens (including phenoxy) is 1. The van der Waals surface area contributed by atoms with Crippen LogP contribution in [0, 0.1) is 5.92 Å². The molecule has 6 nitrogen and oxygen atoms in total. The lowest BCUT2D eigenvalue weighted by atomic mass is 9.86. The molecule has 1 aromatic heterocycles. The van der Waals surface area contributed by atoms with Gasteiger partial charge < -0.3 is 9.26 Å². The fourth-order valence-corrected chi connectivity index (χ4v) is 3.80. The second kappa shape index (κ2) is 7.61.